The standard InChI is InChI=1S/C18H25N5O2/c24-17-20-14-12-19-15(9-4-8-13-6-2-1-3-7-13)21-16(14)23(17)18(25)22-10-5-11-22/h12-13H,1-11H2,(H,20,24). The summed E-state index contributed by atoms with van der Waals surface area (Å²) in [4.78, 5) is 37.8. The second-order valence-electron chi connectivity index (χ2n) is 7.31. The predicted octanol–water partition coefficient (Wildman–Crippen LogP) is 2.70. The van der Waals surface area contributed by atoms with E-state index in [-0.39, 0.29) is 6.03 Å². The minimum absolute atomic E-state index is 0.283. The fourth-order valence-electron chi connectivity index (χ4n) is 3.91. The van der Waals surface area contributed by atoms with Gasteiger partial charge in [0.15, 0.2) is 5.65 Å². The summed E-state index contributed by atoms with van der Waals surface area (Å²) in [5.41, 5.74) is 0.500. The Morgan fingerprint density at radius 2 is 2.00 bits per heavy atom. The molecule has 1 aliphatic carbocycles. The van der Waals surface area contributed by atoms with Crippen molar-refractivity contribution in [3.05, 3.63) is 22.5 Å². The molecule has 0 bridgehead atoms. The first-order chi connectivity index (χ1) is 12.2. The average molecular weight is 343 g/mol. The molecule has 4 rings (SSSR count). The van der Waals surface area contributed by atoms with Crippen LogP contribution in [0.15, 0.2) is 11.0 Å². The van der Waals surface area contributed by atoms with Crippen LogP contribution in [0.1, 0.15) is 57.2 Å². The minimum atomic E-state index is -0.430. The molecule has 0 atom stereocenters. The summed E-state index contributed by atoms with van der Waals surface area (Å²) in [6.07, 6.45) is 12.5. The molecule has 2 aliphatic rings. The highest BCUT2D eigenvalue weighted by Crippen LogP contribution is 2.27. The van der Waals surface area contributed by atoms with E-state index in [1.54, 1.807) is 11.1 Å². The van der Waals surface area contributed by atoms with Crippen molar-refractivity contribution in [1.82, 2.24) is 24.4 Å². The maximum atomic E-state index is 12.5. The molecule has 3 heterocycles. The lowest BCUT2D eigenvalue weighted by Gasteiger charge is -2.30. The van der Waals surface area contributed by atoms with E-state index in [1.807, 2.05) is 0 Å². The number of carbonyl (C=O) groups excluding carboxylic acids is 1. The van der Waals surface area contributed by atoms with Gasteiger partial charge in [0.25, 0.3) is 0 Å². The molecule has 1 amide bonds. The third-order valence-corrected chi connectivity index (χ3v) is 5.53. The van der Waals surface area contributed by atoms with E-state index in [1.165, 1.54) is 38.5 Å². The van der Waals surface area contributed by atoms with E-state index in [2.05, 4.69) is 15.0 Å². The molecule has 2 aromatic rings. The number of hydrogen-bond acceptors (Lipinski definition) is 4. The molecule has 1 saturated heterocycles. The maximum absolute atomic E-state index is 12.5. The van der Waals surface area contributed by atoms with Crippen LogP contribution >= 0.6 is 0 Å². The first kappa shape index (κ1) is 16.3. The molecule has 1 aliphatic heterocycles. The van der Waals surface area contributed by atoms with E-state index in [0.717, 1.165) is 29.7 Å². The number of carbonyl (C=O) groups is 1. The summed E-state index contributed by atoms with van der Waals surface area (Å²) in [5.74, 6) is 1.56. The van der Waals surface area contributed by atoms with Gasteiger partial charge in [-0.3, -0.25) is 0 Å². The number of fused-ring (bicyclic) bond motifs is 1. The van der Waals surface area contributed by atoms with E-state index >= 15 is 0 Å². The normalized spacial score (nSPS) is 18.5. The molecule has 0 radical (unpaired) electrons. The Bertz CT molecular complexity index is 814. The number of aromatic nitrogens is 4. The Morgan fingerprint density at radius 3 is 2.72 bits per heavy atom. The smallest absolute Gasteiger partial charge is 0.324 e. The number of aromatic amines is 1. The van der Waals surface area contributed by atoms with Crippen LogP contribution in [-0.4, -0.2) is 43.5 Å². The number of amides is 1. The van der Waals surface area contributed by atoms with E-state index in [9.17, 15) is 9.59 Å². The zero-order valence-electron chi connectivity index (χ0n) is 14.5. The molecule has 0 aromatic carbocycles. The fourth-order valence-corrected chi connectivity index (χ4v) is 3.91. The molecule has 7 nitrogen and oxygen atoms in total. The second-order valence-corrected chi connectivity index (χ2v) is 7.31. The highest BCUT2D eigenvalue weighted by atomic mass is 16.2. The molecule has 134 valence electrons. The number of hydrogen-bond donors (Lipinski definition) is 1. The first-order valence-electron chi connectivity index (χ1n) is 9.48. The van der Waals surface area contributed by atoms with Crippen LogP contribution in [0.4, 0.5) is 4.79 Å². The van der Waals surface area contributed by atoms with Gasteiger partial charge in [-0.25, -0.2) is 19.6 Å². The van der Waals surface area contributed by atoms with Crippen LogP contribution in [0.2, 0.25) is 0 Å². The number of imidazole rings is 1. The van der Waals surface area contributed by atoms with Crippen LogP contribution in [0, 0.1) is 5.92 Å². The lowest BCUT2D eigenvalue weighted by molar-refractivity contribution is 0.169. The monoisotopic (exact) mass is 343 g/mol. The van der Waals surface area contributed by atoms with E-state index in [0.29, 0.717) is 30.1 Å². The van der Waals surface area contributed by atoms with Gasteiger partial charge in [-0.1, -0.05) is 38.5 Å². The van der Waals surface area contributed by atoms with E-state index in [4.69, 9.17) is 0 Å². The summed E-state index contributed by atoms with van der Waals surface area (Å²) in [5, 5.41) is 0. The Hall–Kier alpha value is -2.18. The third-order valence-electron chi connectivity index (χ3n) is 5.53. The van der Waals surface area contributed by atoms with Crippen LogP contribution in [0.25, 0.3) is 11.2 Å². The number of H-pyrrole nitrogens is 1. The molecule has 0 spiro atoms. The molecule has 1 N–H and O–H groups in total. The first-order valence-corrected chi connectivity index (χ1v) is 9.48. The van der Waals surface area contributed by atoms with E-state index < -0.39 is 5.69 Å². The number of aryl methyl sites for hydroxylation is 1. The number of nitrogens with zero attached hydrogens (tertiary/aromatic N) is 4. The van der Waals surface area contributed by atoms with Gasteiger partial charge < -0.3 is 9.88 Å². The molecule has 0 unspecified atom stereocenters. The fraction of sp³-hybridized carbons (Fsp3) is 0.667. The number of nitrogens with one attached hydrogen (secondary N) is 1. The number of rotatable bonds is 4. The zero-order chi connectivity index (χ0) is 17.2. The molecule has 1 saturated carbocycles. The van der Waals surface area contributed by atoms with Gasteiger partial charge in [0, 0.05) is 19.5 Å². The van der Waals surface area contributed by atoms with Gasteiger partial charge >= 0.3 is 11.7 Å². The summed E-state index contributed by atoms with van der Waals surface area (Å²) in [6, 6.07) is -0.283. The molecule has 7 heteroatoms. The Labute approximate surface area is 146 Å². The van der Waals surface area contributed by atoms with Crippen LogP contribution in [-0.2, 0) is 6.42 Å². The summed E-state index contributed by atoms with van der Waals surface area (Å²) < 4.78 is 1.15. The molecule has 25 heavy (non-hydrogen) atoms. The number of likely N-dealkylation sites (tertiary alicyclic amines) is 1. The second kappa shape index (κ2) is 6.98. The van der Waals surface area contributed by atoms with Crippen molar-refractivity contribution >= 4 is 17.2 Å². The Kier molecular flexibility index (Phi) is 4.55. The van der Waals surface area contributed by atoms with Crippen LogP contribution < -0.4 is 5.69 Å². The van der Waals surface area contributed by atoms with Gasteiger partial charge in [0.2, 0.25) is 0 Å². The van der Waals surface area contributed by atoms with Gasteiger partial charge in [-0.15, -0.1) is 0 Å². The maximum Gasteiger partial charge on any atom is 0.336 e. The molecular weight excluding hydrogens is 318 g/mol. The highest BCUT2D eigenvalue weighted by Gasteiger charge is 2.25. The van der Waals surface area contributed by atoms with Gasteiger partial charge in [-0.05, 0) is 18.8 Å². The van der Waals surface area contributed by atoms with Crippen molar-refractivity contribution in [2.75, 3.05) is 13.1 Å². The Balaban J connectivity index is 1.48. The Morgan fingerprint density at radius 1 is 1.20 bits per heavy atom. The van der Waals surface area contributed by atoms with Crippen LogP contribution in [0.5, 0.6) is 0 Å². The highest BCUT2D eigenvalue weighted by molar-refractivity contribution is 5.87. The quantitative estimate of drug-likeness (QED) is 0.925. The van der Waals surface area contributed by atoms with Gasteiger partial charge in [-0.2, -0.15) is 4.57 Å². The van der Waals surface area contributed by atoms with Crippen molar-refractivity contribution in [1.29, 1.82) is 0 Å². The van der Waals surface area contributed by atoms with Crippen molar-refractivity contribution in [3.8, 4) is 0 Å². The lowest BCUT2D eigenvalue weighted by atomic mass is 9.86. The molecular formula is C18H25N5O2. The molecule has 2 aromatic heterocycles. The summed E-state index contributed by atoms with van der Waals surface area (Å²) >= 11 is 0. The van der Waals surface area contributed by atoms with Gasteiger partial charge in [0.1, 0.15) is 11.3 Å². The third kappa shape index (κ3) is 3.32. The average Bonchev–Trinajstić information content (AvgIpc) is 2.89. The largest absolute Gasteiger partial charge is 0.336 e. The summed E-state index contributed by atoms with van der Waals surface area (Å²) in [7, 11) is 0. The predicted molar refractivity (Wildman–Crippen MR) is 94.6 cm³/mol. The topological polar surface area (TPSA) is 83.9 Å². The zero-order valence-corrected chi connectivity index (χ0v) is 14.5. The summed E-state index contributed by atoms with van der Waals surface area (Å²) in [6.45, 7) is 1.41. The molecule has 2 fully saturated rings. The SMILES string of the molecule is O=C(N1CCC1)n1c(=O)[nH]c2cnc(CCCC3CCCCC3)nc21. The minimum Gasteiger partial charge on any atom is -0.324 e. The van der Waals surface area contributed by atoms with Crippen LogP contribution in [0.3, 0.4) is 0 Å². The lowest BCUT2D eigenvalue weighted by Crippen LogP contribution is -2.46. The van der Waals surface area contributed by atoms with Gasteiger partial charge in [0.05, 0.1) is 6.20 Å². The van der Waals surface area contributed by atoms with Crippen molar-refractivity contribution in [2.45, 2.75) is 57.8 Å². The van der Waals surface area contributed by atoms with Crippen molar-refractivity contribution in [3.63, 3.8) is 0 Å². The van der Waals surface area contributed by atoms with Crippen molar-refractivity contribution < 1.29 is 4.79 Å². The van der Waals surface area contributed by atoms with Crippen molar-refractivity contribution in [2.24, 2.45) is 5.92 Å².